The first-order chi connectivity index (χ1) is 17.7. The van der Waals surface area contributed by atoms with E-state index in [-0.39, 0.29) is 0 Å². The predicted molar refractivity (Wildman–Crippen MR) is 141 cm³/mol. The summed E-state index contributed by atoms with van der Waals surface area (Å²) in [6, 6.07) is 33.3. The molecule has 0 N–H and O–H groups in total. The Bertz CT molecular complexity index is 1860. The van der Waals surface area contributed by atoms with Crippen molar-refractivity contribution in [1.82, 2.24) is 14.5 Å². The largest absolute Gasteiger partial charge is 0.308 e. The lowest BCUT2D eigenvalue weighted by Gasteiger charge is -2.11. The summed E-state index contributed by atoms with van der Waals surface area (Å²) in [6.07, 6.45) is 2.97. The molecule has 0 amide bonds. The molecular formula is C31H19N5. The zero-order valence-electron chi connectivity index (χ0n) is 19.5. The van der Waals surface area contributed by atoms with Gasteiger partial charge in [0.2, 0.25) is 0 Å². The van der Waals surface area contributed by atoms with E-state index in [0.717, 1.165) is 38.6 Å². The molecule has 36 heavy (non-hydrogen) atoms. The zero-order valence-corrected chi connectivity index (χ0v) is 19.5. The average molecular weight is 462 g/mol. The number of aromatic nitrogens is 3. The minimum atomic E-state index is 0.395. The van der Waals surface area contributed by atoms with Crippen LogP contribution < -0.4 is 0 Å². The van der Waals surface area contributed by atoms with Crippen LogP contribution in [0.5, 0.6) is 0 Å². The monoisotopic (exact) mass is 461 g/mol. The van der Waals surface area contributed by atoms with Gasteiger partial charge in [-0.25, -0.2) is 9.97 Å². The molecule has 0 saturated heterocycles. The summed E-state index contributed by atoms with van der Waals surface area (Å²) in [4.78, 5) is 8.56. The van der Waals surface area contributed by atoms with E-state index in [1.54, 1.807) is 6.07 Å². The van der Waals surface area contributed by atoms with Crippen molar-refractivity contribution in [1.29, 1.82) is 10.5 Å². The van der Waals surface area contributed by atoms with Crippen LogP contribution >= 0.6 is 0 Å². The van der Waals surface area contributed by atoms with E-state index in [0.29, 0.717) is 17.0 Å². The molecule has 5 nitrogen and oxygen atoms in total. The second-order valence-electron chi connectivity index (χ2n) is 8.70. The van der Waals surface area contributed by atoms with Gasteiger partial charge >= 0.3 is 0 Å². The van der Waals surface area contributed by atoms with Crippen molar-refractivity contribution < 1.29 is 0 Å². The minimum absolute atomic E-state index is 0.395. The summed E-state index contributed by atoms with van der Waals surface area (Å²) in [5.41, 5.74) is 8.06. The Kier molecular flexibility index (Phi) is 5.03. The first kappa shape index (κ1) is 21.3. The van der Waals surface area contributed by atoms with E-state index in [2.05, 4.69) is 82.1 Å². The van der Waals surface area contributed by atoms with Gasteiger partial charge in [0.05, 0.1) is 27.8 Å². The van der Waals surface area contributed by atoms with Crippen molar-refractivity contribution in [3.05, 3.63) is 114 Å². The molecule has 6 aromatic rings. The summed E-state index contributed by atoms with van der Waals surface area (Å²) >= 11 is 0. The third kappa shape index (κ3) is 3.48. The van der Waals surface area contributed by atoms with E-state index < -0.39 is 0 Å². The molecule has 0 aliphatic heterocycles. The maximum absolute atomic E-state index is 10.1. The lowest BCUT2D eigenvalue weighted by Crippen LogP contribution is -1.99. The number of nitriles is 2. The number of fused-ring (bicyclic) bond motifs is 3. The highest BCUT2D eigenvalue weighted by Gasteiger charge is 2.16. The molecule has 168 valence electrons. The van der Waals surface area contributed by atoms with E-state index in [1.807, 2.05) is 30.3 Å². The van der Waals surface area contributed by atoms with Gasteiger partial charge in [-0.1, -0.05) is 54.1 Å². The Balaban J connectivity index is 1.55. The molecular weight excluding hydrogens is 442 g/mol. The molecule has 6 rings (SSSR count). The SMILES string of the molecule is Cc1cccc(-c2ccc3c(c2)c2ccccc2n3-c2ccc(-c3ncc(C#N)cn3)cc2C#N)c1. The molecule has 0 aliphatic carbocycles. The fourth-order valence-electron chi connectivity index (χ4n) is 4.73. The van der Waals surface area contributed by atoms with Gasteiger partial charge in [-0.15, -0.1) is 0 Å². The number of benzene rings is 4. The fourth-order valence-corrected chi connectivity index (χ4v) is 4.73. The van der Waals surface area contributed by atoms with Crippen LogP contribution in [0.25, 0.3) is 50.0 Å². The van der Waals surface area contributed by atoms with Gasteiger partial charge in [0.1, 0.15) is 12.1 Å². The van der Waals surface area contributed by atoms with Crippen LogP contribution in [0.4, 0.5) is 0 Å². The van der Waals surface area contributed by atoms with Gasteiger partial charge in [-0.2, -0.15) is 10.5 Å². The second kappa shape index (κ2) is 8.51. The Morgan fingerprint density at radius 3 is 2.19 bits per heavy atom. The molecule has 0 atom stereocenters. The van der Waals surface area contributed by atoms with Crippen molar-refractivity contribution in [2.24, 2.45) is 0 Å². The molecule has 0 unspecified atom stereocenters. The molecule has 2 aromatic heterocycles. The van der Waals surface area contributed by atoms with Crippen LogP contribution in [0.15, 0.2) is 97.3 Å². The highest BCUT2D eigenvalue weighted by molar-refractivity contribution is 6.10. The molecule has 0 bridgehead atoms. The maximum atomic E-state index is 10.1. The van der Waals surface area contributed by atoms with E-state index in [4.69, 9.17) is 5.26 Å². The normalized spacial score (nSPS) is 10.9. The van der Waals surface area contributed by atoms with Crippen LogP contribution in [0.1, 0.15) is 16.7 Å². The third-order valence-corrected chi connectivity index (χ3v) is 6.42. The molecule has 4 aromatic carbocycles. The Labute approximate surface area is 208 Å². The van der Waals surface area contributed by atoms with E-state index in [9.17, 15) is 5.26 Å². The Hall–Kier alpha value is -5.26. The van der Waals surface area contributed by atoms with Crippen LogP contribution in [0.2, 0.25) is 0 Å². The lowest BCUT2D eigenvalue weighted by molar-refractivity contribution is 1.14. The van der Waals surface area contributed by atoms with Crippen LogP contribution in [-0.2, 0) is 0 Å². The summed E-state index contributed by atoms with van der Waals surface area (Å²) in [5, 5.41) is 21.4. The molecule has 0 aliphatic rings. The average Bonchev–Trinajstić information content (AvgIpc) is 3.26. The molecule has 0 radical (unpaired) electrons. The van der Waals surface area contributed by atoms with Gasteiger partial charge in [-0.3, -0.25) is 0 Å². The van der Waals surface area contributed by atoms with Crippen molar-refractivity contribution >= 4 is 21.8 Å². The molecule has 0 saturated carbocycles. The minimum Gasteiger partial charge on any atom is -0.308 e. The summed E-state index contributed by atoms with van der Waals surface area (Å²) in [6.45, 7) is 2.10. The van der Waals surface area contributed by atoms with Crippen molar-refractivity contribution in [3.8, 4) is 40.3 Å². The Morgan fingerprint density at radius 2 is 1.42 bits per heavy atom. The van der Waals surface area contributed by atoms with Crippen molar-refractivity contribution in [2.45, 2.75) is 6.92 Å². The third-order valence-electron chi connectivity index (χ3n) is 6.42. The number of hydrogen-bond donors (Lipinski definition) is 0. The van der Waals surface area contributed by atoms with Gasteiger partial charge in [0, 0.05) is 28.7 Å². The van der Waals surface area contributed by atoms with Crippen molar-refractivity contribution in [2.75, 3.05) is 0 Å². The standard InChI is InChI=1S/C31H19N5/c1-20-5-4-6-22(13-20)23-9-12-30-27(15-23)26-7-2-3-8-29(26)36(30)28-11-10-24(14-25(28)17-33)31-34-18-21(16-32)19-35-31/h2-15,18-19H,1H3. The summed E-state index contributed by atoms with van der Waals surface area (Å²) < 4.78 is 2.15. The zero-order chi connectivity index (χ0) is 24.6. The fraction of sp³-hybridized carbons (Fsp3) is 0.0323. The number of hydrogen-bond acceptors (Lipinski definition) is 4. The first-order valence-electron chi connectivity index (χ1n) is 11.5. The number of para-hydroxylation sites is 1. The van der Waals surface area contributed by atoms with Gasteiger partial charge in [-0.05, 0) is 54.4 Å². The molecule has 0 fully saturated rings. The molecule has 0 spiro atoms. The summed E-state index contributed by atoms with van der Waals surface area (Å²) in [7, 11) is 0. The van der Waals surface area contributed by atoms with Crippen LogP contribution in [-0.4, -0.2) is 14.5 Å². The second-order valence-corrected chi connectivity index (χ2v) is 8.70. The predicted octanol–water partition coefficient (Wildman–Crippen LogP) is 6.96. The first-order valence-corrected chi connectivity index (χ1v) is 11.5. The Morgan fingerprint density at radius 1 is 0.667 bits per heavy atom. The number of rotatable bonds is 3. The van der Waals surface area contributed by atoms with E-state index >= 15 is 0 Å². The molecule has 5 heteroatoms. The quantitative estimate of drug-likeness (QED) is 0.285. The highest BCUT2D eigenvalue weighted by Crippen LogP contribution is 2.36. The lowest BCUT2D eigenvalue weighted by atomic mass is 10.0. The summed E-state index contributed by atoms with van der Waals surface area (Å²) in [5.74, 6) is 0.474. The smallest absolute Gasteiger partial charge is 0.159 e. The maximum Gasteiger partial charge on any atom is 0.159 e. The number of nitrogens with zero attached hydrogens (tertiary/aromatic N) is 5. The number of aryl methyl sites for hydroxylation is 1. The topological polar surface area (TPSA) is 78.3 Å². The van der Waals surface area contributed by atoms with Crippen LogP contribution in [0, 0.1) is 29.6 Å². The van der Waals surface area contributed by atoms with Crippen molar-refractivity contribution in [3.63, 3.8) is 0 Å². The van der Waals surface area contributed by atoms with Gasteiger partial charge in [0.15, 0.2) is 5.82 Å². The van der Waals surface area contributed by atoms with Gasteiger partial charge in [0.25, 0.3) is 0 Å². The van der Waals surface area contributed by atoms with Gasteiger partial charge < -0.3 is 4.57 Å². The van der Waals surface area contributed by atoms with Crippen LogP contribution in [0.3, 0.4) is 0 Å². The molecule has 2 heterocycles. The highest BCUT2D eigenvalue weighted by atomic mass is 15.0. The van der Waals surface area contributed by atoms with E-state index in [1.165, 1.54) is 23.5 Å².